The van der Waals surface area contributed by atoms with Crippen molar-refractivity contribution in [1.29, 1.82) is 0 Å². The van der Waals surface area contributed by atoms with Crippen LogP contribution in [0, 0.1) is 5.41 Å². The first-order valence-corrected chi connectivity index (χ1v) is 6.80. The Bertz CT molecular complexity index is 341. The predicted molar refractivity (Wildman–Crippen MR) is 68.3 cm³/mol. The summed E-state index contributed by atoms with van der Waals surface area (Å²) in [5.74, 6) is 0. The van der Waals surface area contributed by atoms with Crippen molar-refractivity contribution in [1.82, 2.24) is 4.90 Å². The van der Waals surface area contributed by atoms with Crippen LogP contribution < -0.4 is 0 Å². The molecule has 4 nitrogen and oxygen atoms in total. The van der Waals surface area contributed by atoms with Crippen LogP contribution in [0.1, 0.15) is 52.9 Å². The highest BCUT2D eigenvalue weighted by Crippen LogP contribution is 2.48. The van der Waals surface area contributed by atoms with E-state index in [4.69, 9.17) is 4.74 Å². The van der Waals surface area contributed by atoms with Gasteiger partial charge in [0.15, 0.2) is 0 Å². The van der Waals surface area contributed by atoms with E-state index in [0.29, 0.717) is 6.54 Å². The Hall–Kier alpha value is -1.06. The van der Waals surface area contributed by atoms with Crippen LogP contribution in [0.25, 0.3) is 0 Å². The lowest BCUT2D eigenvalue weighted by atomic mass is 9.63. The monoisotopic (exact) mass is 253 g/mol. The minimum atomic E-state index is -0.505. The van der Waals surface area contributed by atoms with Crippen LogP contribution >= 0.6 is 0 Å². The molecule has 1 saturated carbocycles. The Labute approximate surface area is 109 Å². The fourth-order valence-corrected chi connectivity index (χ4v) is 2.91. The van der Waals surface area contributed by atoms with Gasteiger partial charge >= 0.3 is 6.09 Å². The normalized spacial score (nSPS) is 26.6. The van der Waals surface area contributed by atoms with E-state index in [9.17, 15) is 9.59 Å². The molecule has 102 valence electrons. The molecule has 1 unspecified atom stereocenters. The number of nitrogens with zero attached hydrogens (tertiary/aromatic N) is 1. The summed E-state index contributed by atoms with van der Waals surface area (Å²) in [6.07, 6.45) is 5.99. The molecule has 1 heterocycles. The van der Waals surface area contributed by atoms with E-state index >= 15 is 0 Å². The second-order valence-electron chi connectivity index (χ2n) is 6.70. The number of aldehydes is 1. The summed E-state index contributed by atoms with van der Waals surface area (Å²) in [6.45, 7) is 6.24. The van der Waals surface area contributed by atoms with E-state index < -0.39 is 5.60 Å². The quantitative estimate of drug-likeness (QED) is 0.675. The molecule has 1 saturated heterocycles. The molecule has 18 heavy (non-hydrogen) atoms. The van der Waals surface area contributed by atoms with Crippen molar-refractivity contribution < 1.29 is 14.3 Å². The lowest BCUT2D eigenvalue weighted by molar-refractivity contribution is -0.116. The number of piperidine rings is 1. The molecule has 0 aromatic heterocycles. The maximum Gasteiger partial charge on any atom is 0.410 e. The van der Waals surface area contributed by atoms with Crippen LogP contribution in [0.4, 0.5) is 4.79 Å². The van der Waals surface area contributed by atoms with E-state index in [2.05, 4.69) is 0 Å². The van der Waals surface area contributed by atoms with E-state index in [1.807, 2.05) is 20.8 Å². The summed E-state index contributed by atoms with van der Waals surface area (Å²) in [5.41, 5.74) is -0.231. The van der Waals surface area contributed by atoms with E-state index in [1.165, 1.54) is 19.3 Å². The molecule has 0 aromatic rings. The number of likely N-dealkylation sites (tertiary alicyclic amines) is 1. The summed E-state index contributed by atoms with van der Waals surface area (Å²) in [7, 11) is 0. The summed E-state index contributed by atoms with van der Waals surface area (Å²) in [4.78, 5) is 24.9. The van der Waals surface area contributed by atoms with Crippen LogP contribution in [-0.4, -0.2) is 35.5 Å². The Balaban J connectivity index is 2.06. The average molecular weight is 253 g/mol. The lowest BCUT2D eigenvalue weighted by Crippen LogP contribution is -2.55. The van der Waals surface area contributed by atoms with Crippen LogP contribution in [0.3, 0.4) is 0 Å². The summed E-state index contributed by atoms with van der Waals surface area (Å²) < 4.78 is 5.40. The smallest absolute Gasteiger partial charge is 0.410 e. The van der Waals surface area contributed by atoms with Gasteiger partial charge in [0.05, 0.1) is 6.04 Å². The summed E-state index contributed by atoms with van der Waals surface area (Å²) >= 11 is 0. The van der Waals surface area contributed by atoms with Gasteiger partial charge in [0.25, 0.3) is 0 Å². The van der Waals surface area contributed by atoms with Gasteiger partial charge < -0.3 is 9.53 Å². The average Bonchev–Trinajstić information content (AvgIpc) is 2.23. The summed E-state index contributed by atoms with van der Waals surface area (Å²) in [6, 6.07) is -0.300. The van der Waals surface area contributed by atoms with Gasteiger partial charge in [-0.1, -0.05) is 6.42 Å². The minimum absolute atomic E-state index is 0.274. The molecule has 2 fully saturated rings. The maximum absolute atomic E-state index is 12.2. The molecule has 1 atom stereocenters. The van der Waals surface area contributed by atoms with Gasteiger partial charge in [-0.25, -0.2) is 4.79 Å². The maximum atomic E-state index is 12.2. The standard InChI is InChI=1S/C14H23NO3/c1-13(2,3)18-12(17)15-10-14(6-4-7-14)8-5-11(15)9-16/h9,11H,4-8,10H2,1-3H3. The molecule has 4 heteroatoms. The van der Waals surface area contributed by atoms with Crippen molar-refractivity contribution in [3.63, 3.8) is 0 Å². The first kappa shape index (κ1) is 13.4. The molecular formula is C14H23NO3. The summed E-state index contributed by atoms with van der Waals surface area (Å²) in [5, 5.41) is 0. The first-order chi connectivity index (χ1) is 8.35. The molecule has 2 rings (SSSR count). The lowest BCUT2D eigenvalue weighted by Gasteiger charge is -2.50. The van der Waals surface area contributed by atoms with E-state index in [-0.39, 0.29) is 17.6 Å². The molecule has 1 aliphatic carbocycles. The van der Waals surface area contributed by atoms with Gasteiger partial charge in [-0.15, -0.1) is 0 Å². The fraction of sp³-hybridized carbons (Fsp3) is 0.857. The largest absolute Gasteiger partial charge is 0.444 e. The molecule has 0 aromatic carbocycles. The number of hydrogen-bond donors (Lipinski definition) is 0. The topological polar surface area (TPSA) is 46.6 Å². The van der Waals surface area contributed by atoms with Crippen LogP contribution in [0.5, 0.6) is 0 Å². The van der Waals surface area contributed by atoms with Crippen molar-refractivity contribution in [2.45, 2.75) is 64.5 Å². The Morgan fingerprint density at radius 1 is 1.33 bits per heavy atom. The van der Waals surface area contributed by atoms with Crippen LogP contribution in [-0.2, 0) is 9.53 Å². The molecule has 1 amide bonds. The minimum Gasteiger partial charge on any atom is -0.444 e. The third kappa shape index (κ3) is 2.68. The second kappa shape index (κ2) is 4.56. The molecular weight excluding hydrogens is 230 g/mol. The SMILES string of the molecule is CC(C)(C)OC(=O)N1CC2(CCC2)CCC1C=O. The van der Waals surface area contributed by atoms with Crippen molar-refractivity contribution in [2.75, 3.05) is 6.54 Å². The van der Waals surface area contributed by atoms with Crippen molar-refractivity contribution in [3.8, 4) is 0 Å². The van der Waals surface area contributed by atoms with E-state index in [1.54, 1.807) is 4.90 Å². The number of carbonyl (C=O) groups is 2. The number of ether oxygens (including phenoxy) is 1. The fourth-order valence-electron chi connectivity index (χ4n) is 2.91. The van der Waals surface area contributed by atoms with E-state index in [0.717, 1.165) is 19.1 Å². The molecule has 0 radical (unpaired) electrons. The Morgan fingerprint density at radius 3 is 2.44 bits per heavy atom. The van der Waals surface area contributed by atoms with Gasteiger partial charge in [0.1, 0.15) is 11.9 Å². The molecule has 2 aliphatic rings. The zero-order chi connectivity index (χ0) is 13.4. The highest BCUT2D eigenvalue weighted by Gasteiger charge is 2.45. The molecule has 1 spiro atoms. The zero-order valence-electron chi connectivity index (χ0n) is 11.6. The van der Waals surface area contributed by atoms with Gasteiger partial charge in [-0.2, -0.15) is 0 Å². The van der Waals surface area contributed by atoms with Crippen molar-refractivity contribution in [3.05, 3.63) is 0 Å². The first-order valence-electron chi connectivity index (χ1n) is 6.80. The van der Waals surface area contributed by atoms with Crippen LogP contribution in [0.15, 0.2) is 0 Å². The van der Waals surface area contributed by atoms with Crippen molar-refractivity contribution >= 4 is 12.4 Å². The van der Waals surface area contributed by atoms with Gasteiger partial charge in [0, 0.05) is 6.54 Å². The van der Waals surface area contributed by atoms with Gasteiger partial charge in [-0.3, -0.25) is 4.90 Å². The third-order valence-corrected chi connectivity index (χ3v) is 4.08. The second-order valence-corrected chi connectivity index (χ2v) is 6.70. The number of amides is 1. The predicted octanol–water partition coefficient (Wildman–Crippen LogP) is 2.76. The highest BCUT2D eigenvalue weighted by molar-refractivity contribution is 5.74. The Morgan fingerprint density at radius 2 is 2.00 bits per heavy atom. The Kier molecular flexibility index (Phi) is 3.39. The molecule has 0 bridgehead atoms. The van der Waals surface area contributed by atoms with Crippen LogP contribution in [0.2, 0.25) is 0 Å². The number of rotatable bonds is 1. The highest BCUT2D eigenvalue weighted by atomic mass is 16.6. The van der Waals surface area contributed by atoms with Gasteiger partial charge in [-0.05, 0) is 51.9 Å². The molecule has 1 aliphatic heterocycles. The molecule has 0 N–H and O–H groups in total. The zero-order valence-corrected chi connectivity index (χ0v) is 11.6. The van der Waals surface area contributed by atoms with Crippen molar-refractivity contribution in [2.24, 2.45) is 5.41 Å². The van der Waals surface area contributed by atoms with Gasteiger partial charge in [0.2, 0.25) is 0 Å². The third-order valence-electron chi connectivity index (χ3n) is 4.08. The number of hydrogen-bond acceptors (Lipinski definition) is 3. The number of carbonyl (C=O) groups excluding carboxylic acids is 2.